The number of nitriles is 1. The molecule has 4 nitrogen and oxygen atoms in total. The predicted molar refractivity (Wildman–Crippen MR) is 98.4 cm³/mol. The summed E-state index contributed by atoms with van der Waals surface area (Å²) in [5, 5.41) is 8.82. The van der Waals surface area contributed by atoms with E-state index in [2.05, 4.69) is 57.8 Å². The zero-order valence-electron chi connectivity index (χ0n) is 12.6. The highest BCUT2D eigenvalue weighted by Gasteiger charge is 2.22. The van der Waals surface area contributed by atoms with Gasteiger partial charge in [-0.15, -0.1) is 0 Å². The van der Waals surface area contributed by atoms with Gasteiger partial charge in [0.2, 0.25) is 0 Å². The Morgan fingerprint density at radius 3 is 2.13 bits per heavy atom. The van der Waals surface area contributed by atoms with Gasteiger partial charge in [-0.1, -0.05) is 0 Å². The number of benzene rings is 2. The van der Waals surface area contributed by atoms with Crippen LogP contribution in [-0.4, -0.2) is 37.0 Å². The minimum Gasteiger partial charge on any atom is -0.368 e. The summed E-state index contributed by atoms with van der Waals surface area (Å²) >= 11 is 2.30. The molecule has 0 atom stereocenters. The van der Waals surface area contributed by atoms with Gasteiger partial charge in [0.25, 0.3) is 5.91 Å². The van der Waals surface area contributed by atoms with E-state index < -0.39 is 0 Å². The van der Waals surface area contributed by atoms with Crippen LogP contribution >= 0.6 is 22.6 Å². The Hall–Kier alpha value is -2.07. The molecule has 0 aromatic heterocycles. The van der Waals surface area contributed by atoms with Crippen LogP contribution in [0, 0.1) is 14.9 Å². The zero-order chi connectivity index (χ0) is 16.2. The summed E-state index contributed by atoms with van der Waals surface area (Å²) in [6, 6.07) is 17.4. The van der Waals surface area contributed by atoms with Gasteiger partial charge < -0.3 is 9.80 Å². The van der Waals surface area contributed by atoms with E-state index in [1.807, 2.05) is 4.90 Å². The van der Waals surface area contributed by atoms with Gasteiger partial charge in [-0.05, 0) is 71.1 Å². The average molecular weight is 417 g/mol. The lowest BCUT2D eigenvalue weighted by Crippen LogP contribution is -2.48. The lowest BCUT2D eigenvalue weighted by Gasteiger charge is -2.36. The van der Waals surface area contributed by atoms with Crippen LogP contribution in [0.5, 0.6) is 0 Å². The fourth-order valence-corrected chi connectivity index (χ4v) is 3.05. The minimum atomic E-state index is 0.0387. The number of rotatable bonds is 2. The van der Waals surface area contributed by atoms with Crippen molar-refractivity contribution >= 4 is 34.2 Å². The first-order valence-corrected chi connectivity index (χ1v) is 8.55. The van der Waals surface area contributed by atoms with Gasteiger partial charge in [-0.25, -0.2) is 0 Å². The number of hydrogen-bond donors (Lipinski definition) is 0. The maximum atomic E-state index is 12.5. The fourth-order valence-electron chi connectivity index (χ4n) is 2.69. The van der Waals surface area contributed by atoms with Crippen molar-refractivity contribution in [3.05, 3.63) is 63.2 Å². The van der Waals surface area contributed by atoms with Crippen molar-refractivity contribution in [2.24, 2.45) is 0 Å². The number of piperazine rings is 1. The van der Waals surface area contributed by atoms with Gasteiger partial charge >= 0.3 is 0 Å². The first-order chi connectivity index (χ1) is 11.2. The number of carbonyl (C=O) groups excluding carboxylic acids is 1. The standard InChI is InChI=1S/C18H16IN3O/c19-16-5-7-17(8-6-16)21-9-11-22(12-10-21)18(23)15-3-1-14(13-20)2-4-15/h1-8H,9-12H2. The quantitative estimate of drug-likeness (QED) is 0.706. The van der Waals surface area contributed by atoms with E-state index in [1.165, 1.54) is 9.26 Å². The van der Waals surface area contributed by atoms with Crippen molar-refractivity contribution in [3.8, 4) is 6.07 Å². The molecule has 0 saturated carbocycles. The molecule has 1 saturated heterocycles. The summed E-state index contributed by atoms with van der Waals surface area (Å²) in [5.74, 6) is 0.0387. The summed E-state index contributed by atoms with van der Waals surface area (Å²) in [6.45, 7) is 3.10. The van der Waals surface area contributed by atoms with E-state index in [4.69, 9.17) is 5.26 Å². The Bertz CT molecular complexity index is 726. The van der Waals surface area contributed by atoms with Crippen LogP contribution in [-0.2, 0) is 0 Å². The highest BCUT2D eigenvalue weighted by molar-refractivity contribution is 14.1. The predicted octanol–water partition coefficient (Wildman–Crippen LogP) is 3.13. The Kier molecular flexibility index (Phi) is 4.82. The third-order valence-electron chi connectivity index (χ3n) is 4.02. The first kappa shape index (κ1) is 15.8. The molecular weight excluding hydrogens is 401 g/mol. The van der Waals surface area contributed by atoms with Gasteiger partial charge in [-0.3, -0.25) is 4.79 Å². The van der Waals surface area contributed by atoms with Crippen molar-refractivity contribution in [1.82, 2.24) is 4.90 Å². The second kappa shape index (κ2) is 7.01. The molecule has 1 amide bonds. The van der Waals surface area contributed by atoms with E-state index in [0.29, 0.717) is 24.2 Å². The van der Waals surface area contributed by atoms with Crippen LogP contribution in [0.25, 0.3) is 0 Å². The lowest BCUT2D eigenvalue weighted by atomic mass is 10.1. The fraction of sp³-hybridized carbons (Fsp3) is 0.222. The highest BCUT2D eigenvalue weighted by atomic mass is 127. The summed E-state index contributed by atoms with van der Waals surface area (Å²) in [6.07, 6.45) is 0. The molecule has 1 aliphatic heterocycles. The third kappa shape index (κ3) is 3.64. The Balaban J connectivity index is 1.62. The van der Waals surface area contributed by atoms with Gasteiger partial charge in [0, 0.05) is 41.0 Å². The van der Waals surface area contributed by atoms with Crippen molar-refractivity contribution in [1.29, 1.82) is 5.26 Å². The number of hydrogen-bond acceptors (Lipinski definition) is 3. The largest absolute Gasteiger partial charge is 0.368 e. The molecule has 0 aliphatic carbocycles. The highest BCUT2D eigenvalue weighted by Crippen LogP contribution is 2.19. The van der Waals surface area contributed by atoms with Crippen LogP contribution < -0.4 is 4.90 Å². The Morgan fingerprint density at radius 1 is 0.957 bits per heavy atom. The van der Waals surface area contributed by atoms with Gasteiger partial charge in [0.15, 0.2) is 0 Å². The monoisotopic (exact) mass is 417 g/mol. The van der Waals surface area contributed by atoms with E-state index in [-0.39, 0.29) is 5.91 Å². The minimum absolute atomic E-state index is 0.0387. The van der Waals surface area contributed by atoms with Crippen LogP contribution in [0.3, 0.4) is 0 Å². The summed E-state index contributed by atoms with van der Waals surface area (Å²) in [7, 11) is 0. The molecule has 2 aromatic carbocycles. The number of amides is 1. The molecule has 0 spiro atoms. The molecule has 116 valence electrons. The molecule has 5 heteroatoms. The topological polar surface area (TPSA) is 47.3 Å². The number of anilines is 1. The van der Waals surface area contributed by atoms with Crippen LogP contribution in [0.4, 0.5) is 5.69 Å². The number of halogens is 1. The van der Waals surface area contributed by atoms with E-state index in [9.17, 15) is 4.79 Å². The smallest absolute Gasteiger partial charge is 0.253 e. The molecule has 23 heavy (non-hydrogen) atoms. The molecule has 0 N–H and O–H groups in total. The second-order valence-corrected chi connectivity index (χ2v) is 6.69. The molecule has 3 rings (SSSR count). The summed E-state index contributed by atoms with van der Waals surface area (Å²) in [5.41, 5.74) is 2.42. The number of carbonyl (C=O) groups is 1. The molecule has 1 aliphatic rings. The number of nitrogens with zero attached hydrogens (tertiary/aromatic N) is 3. The van der Waals surface area contributed by atoms with E-state index in [1.54, 1.807) is 24.3 Å². The van der Waals surface area contributed by atoms with Gasteiger partial charge in [0.05, 0.1) is 11.6 Å². The van der Waals surface area contributed by atoms with Crippen LogP contribution in [0.15, 0.2) is 48.5 Å². The normalized spacial score (nSPS) is 14.4. The SMILES string of the molecule is N#Cc1ccc(C(=O)N2CCN(c3ccc(I)cc3)CC2)cc1. The maximum absolute atomic E-state index is 12.5. The summed E-state index contributed by atoms with van der Waals surface area (Å²) in [4.78, 5) is 16.7. The van der Waals surface area contributed by atoms with Crippen molar-refractivity contribution < 1.29 is 4.79 Å². The molecule has 1 heterocycles. The van der Waals surface area contributed by atoms with E-state index >= 15 is 0 Å². The Labute approximate surface area is 149 Å². The maximum Gasteiger partial charge on any atom is 0.253 e. The molecule has 0 bridgehead atoms. The molecule has 0 radical (unpaired) electrons. The molecule has 0 unspecified atom stereocenters. The van der Waals surface area contributed by atoms with Crippen LogP contribution in [0.2, 0.25) is 0 Å². The van der Waals surface area contributed by atoms with Crippen molar-refractivity contribution in [2.75, 3.05) is 31.1 Å². The van der Waals surface area contributed by atoms with Crippen LogP contribution in [0.1, 0.15) is 15.9 Å². The van der Waals surface area contributed by atoms with Crippen molar-refractivity contribution in [3.63, 3.8) is 0 Å². The van der Waals surface area contributed by atoms with Gasteiger partial charge in [-0.2, -0.15) is 5.26 Å². The van der Waals surface area contributed by atoms with E-state index in [0.717, 1.165) is 13.1 Å². The molecular formula is C18H16IN3O. The van der Waals surface area contributed by atoms with Crippen molar-refractivity contribution in [2.45, 2.75) is 0 Å². The average Bonchev–Trinajstić information content (AvgIpc) is 2.62. The third-order valence-corrected chi connectivity index (χ3v) is 4.74. The lowest BCUT2D eigenvalue weighted by molar-refractivity contribution is 0.0747. The first-order valence-electron chi connectivity index (χ1n) is 7.47. The molecule has 2 aromatic rings. The molecule has 1 fully saturated rings. The summed E-state index contributed by atoms with van der Waals surface area (Å²) < 4.78 is 1.22. The second-order valence-electron chi connectivity index (χ2n) is 5.44. The van der Waals surface area contributed by atoms with Gasteiger partial charge in [0.1, 0.15) is 0 Å². The zero-order valence-corrected chi connectivity index (χ0v) is 14.7. The Morgan fingerprint density at radius 2 is 1.57 bits per heavy atom.